The Hall–Kier alpha value is -3.87. The van der Waals surface area contributed by atoms with Crippen molar-refractivity contribution >= 4 is 33.2 Å². The number of benzene rings is 2. The SMILES string of the molecule is Cc1cc(Nc2ccnc(Nc3ccc(S(=O)(=O)N(C)C4CCN(Cc5cnn(C)c5)CC4)cc3)n2)ccc1F. The van der Waals surface area contributed by atoms with Gasteiger partial charge in [-0.1, -0.05) is 0 Å². The number of anilines is 4. The highest BCUT2D eigenvalue weighted by Crippen LogP contribution is 2.25. The van der Waals surface area contributed by atoms with E-state index in [1.807, 2.05) is 19.4 Å². The van der Waals surface area contributed by atoms with E-state index in [-0.39, 0.29) is 16.8 Å². The summed E-state index contributed by atoms with van der Waals surface area (Å²) in [6.45, 7) is 4.18. The van der Waals surface area contributed by atoms with Crippen molar-refractivity contribution in [3.8, 4) is 0 Å². The highest BCUT2D eigenvalue weighted by molar-refractivity contribution is 7.89. The predicted molar refractivity (Wildman–Crippen MR) is 153 cm³/mol. The molecule has 1 aliphatic rings. The molecule has 0 spiro atoms. The molecule has 0 radical (unpaired) electrons. The third-order valence-corrected chi connectivity index (χ3v) is 9.03. The zero-order chi connectivity index (χ0) is 28.3. The molecule has 0 atom stereocenters. The molecule has 0 aliphatic carbocycles. The van der Waals surface area contributed by atoms with Gasteiger partial charge in [-0.25, -0.2) is 17.8 Å². The van der Waals surface area contributed by atoms with E-state index in [1.54, 1.807) is 67.3 Å². The summed E-state index contributed by atoms with van der Waals surface area (Å²) in [7, 11) is -0.0765. The van der Waals surface area contributed by atoms with Crippen LogP contribution in [0.2, 0.25) is 0 Å². The first-order valence-corrected chi connectivity index (χ1v) is 14.5. The average molecular weight is 565 g/mol. The number of hydrogen-bond acceptors (Lipinski definition) is 8. The maximum absolute atomic E-state index is 13.6. The predicted octanol–water partition coefficient (Wildman–Crippen LogP) is 4.43. The van der Waals surface area contributed by atoms with Crippen LogP contribution >= 0.6 is 0 Å². The van der Waals surface area contributed by atoms with Crippen LogP contribution in [-0.2, 0) is 23.6 Å². The summed E-state index contributed by atoms with van der Waals surface area (Å²) in [5, 5.41) is 10.5. The van der Waals surface area contributed by atoms with E-state index in [0.717, 1.165) is 38.0 Å². The molecule has 1 fully saturated rings. The minimum atomic E-state index is -3.64. The maximum atomic E-state index is 13.6. The quantitative estimate of drug-likeness (QED) is 0.308. The van der Waals surface area contributed by atoms with Crippen molar-refractivity contribution in [3.05, 3.63) is 84.1 Å². The van der Waals surface area contributed by atoms with Gasteiger partial charge in [-0.05, 0) is 73.9 Å². The van der Waals surface area contributed by atoms with Crippen molar-refractivity contribution in [3.63, 3.8) is 0 Å². The number of likely N-dealkylation sites (tertiary alicyclic amines) is 1. The van der Waals surface area contributed by atoms with E-state index in [0.29, 0.717) is 28.7 Å². The number of nitrogens with one attached hydrogen (secondary N) is 2. The first kappa shape index (κ1) is 27.7. The molecule has 1 aliphatic heterocycles. The van der Waals surface area contributed by atoms with E-state index in [9.17, 15) is 12.8 Å². The van der Waals surface area contributed by atoms with Crippen molar-refractivity contribution in [1.82, 2.24) is 29.0 Å². The molecule has 1 saturated heterocycles. The number of nitrogens with zero attached hydrogens (tertiary/aromatic N) is 6. The van der Waals surface area contributed by atoms with Gasteiger partial charge in [-0.2, -0.15) is 14.4 Å². The van der Waals surface area contributed by atoms with E-state index in [4.69, 9.17) is 0 Å². The molecule has 12 heteroatoms. The fourth-order valence-corrected chi connectivity index (χ4v) is 6.23. The molecule has 0 bridgehead atoms. The second kappa shape index (κ2) is 11.7. The average Bonchev–Trinajstić information content (AvgIpc) is 3.35. The second-order valence-corrected chi connectivity index (χ2v) is 12.1. The van der Waals surface area contributed by atoms with Crippen LogP contribution < -0.4 is 10.6 Å². The van der Waals surface area contributed by atoms with Crippen molar-refractivity contribution in [2.24, 2.45) is 7.05 Å². The number of halogens is 1. The van der Waals surface area contributed by atoms with Crippen LogP contribution in [0.1, 0.15) is 24.0 Å². The number of hydrogen-bond donors (Lipinski definition) is 2. The third kappa shape index (κ3) is 6.46. The van der Waals surface area contributed by atoms with Gasteiger partial charge in [0, 0.05) is 69.1 Å². The minimum absolute atomic E-state index is 0.0542. The third-order valence-electron chi connectivity index (χ3n) is 7.11. The van der Waals surface area contributed by atoms with Gasteiger partial charge in [0.15, 0.2) is 0 Å². The number of aryl methyl sites for hydroxylation is 2. The summed E-state index contributed by atoms with van der Waals surface area (Å²) in [5.41, 5.74) is 3.05. The molecule has 5 rings (SSSR count). The summed E-state index contributed by atoms with van der Waals surface area (Å²) in [6.07, 6.45) is 7.03. The molecule has 0 unspecified atom stereocenters. The lowest BCUT2D eigenvalue weighted by Gasteiger charge is -2.36. The van der Waals surface area contributed by atoms with Crippen molar-refractivity contribution in [1.29, 1.82) is 0 Å². The zero-order valence-corrected chi connectivity index (χ0v) is 23.6. The first-order chi connectivity index (χ1) is 19.2. The van der Waals surface area contributed by atoms with Gasteiger partial charge < -0.3 is 10.6 Å². The Kier molecular flexibility index (Phi) is 8.10. The molecule has 4 aromatic rings. The smallest absolute Gasteiger partial charge is 0.243 e. The normalized spacial score (nSPS) is 14.9. The van der Waals surface area contributed by atoms with Gasteiger partial charge in [0.1, 0.15) is 11.6 Å². The Morgan fingerprint density at radius 2 is 1.77 bits per heavy atom. The van der Waals surface area contributed by atoms with Gasteiger partial charge in [0.2, 0.25) is 16.0 Å². The van der Waals surface area contributed by atoms with E-state index >= 15 is 0 Å². The molecule has 2 aromatic carbocycles. The zero-order valence-electron chi connectivity index (χ0n) is 22.7. The molecule has 3 heterocycles. The Morgan fingerprint density at radius 1 is 1.05 bits per heavy atom. The highest BCUT2D eigenvalue weighted by atomic mass is 32.2. The number of rotatable bonds is 9. The standard InChI is InChI=1S/C28H33FN8O2S/c1-20-16-23(6-9-26(20)29)32-27-10-13-30-28(34-27)33-22-4-7-25(8-5-22)40(38,39)36(3)24-11-14-37(15-12-24)19-21-17-31-35(2)18-21/h4-10,13,16-18,24H,11-12,14-15,19H2,1-3H3,(H2,30,32,33,34). The molecule has 2 aromatic heterocycles. The summed E-state index contributed by atoms with van der Waals surface area (Å²) >= 11 is 0. The summed E-state index contributed by atoms with van der Waals surface area (Å²) in [6, 6.07) is 13.0. The highest BCUT2D eigenvalue weighted by Gasteiger charge is 2.31. The number of sulfonamides is 1. The summed E-state index contributed by atoms with van der Waals surface area (Å²) < 4.78 is 43.6. The molecule has 2 N–H and O–H groups in total. The Labute approximate surface area is 233 Å². The van der Waals surface area contributed by atoms with Gasteiger partial charge in [0.25, 0.3) is 0 Å². The molecule has 10 nitrogen and oxygen atoms in total. The van der Waals surface area contributed by atoms with Crippen molar-refractivity contribution in [2.45, 2.75) is 37.2 Å². The van der Waals surface area contributed by atoms with Crippen molar-refractivity contribution < 1.29 is 12.8 Å². The lowest BCUT2D eigenvalue weighted by molar-refractivity contribution is 0.164. The van der Waals surface area contributed by atoms with Crippen LogP contribution in [0, 0.1) is 12.7 Å². The molecular weight excluding hydrogens is 531 g/mol. The minimum Gasteiger partial charge on any atom is -0.340 e. The fourth-order valence-electron chi connectivity index (χ4n) is 4.81. The summed E-state index contributed by atoms with van der Waals surface area (Å²) in [5.74, 6) is 0.611. The maximum Gasteiger partial charge on any atom is 0.243 e. The Balaban J connectivity index is 1.18. The van der Waals surface area contributed by atoms with Gasteiger partial charge in [-0.3, -0.25) is 9.58 Å². The van der Waals surface area contributed by atoms with E-state index < -0.39 is 10.0 Å². The summed E-state index contributed by atoms with van der Waals surface area (Å²) in [4.78, 5) is 11.3. The number of aromatic nitrogens is 4. The monoisotopic (exact) mass is 564 g/mol. The van der Waals surface area contributed by atoms with Crippen LogP contribution in [0.3, 0.4) is 0 Å². The van der Waals surface area contributed by atoms with Crippen LogP contribution in [0.25, 0.3) is 0 Å². The topological polar surface area (TPSA) is 108 Å². The number of piperidine rings is 1. The fraction of sp³-hybridized carbons (Fsp3) is 0.321. The van der Waals surface area contributed by atoms with Gasteiger partial charge in [-0.15, -0.1) is 0 Å². The van der Waals surface area contributed by atoms with Crippen LogP contribution in [0.4, 0.5) is 27.5 Å². The lowest BCUT2D eigenvalue weighted by Crippen LogP contribution is -2.45. The molecule has 0 saturated carbocycles. The van der Waals surface area contributed by atoms with Gasteiger partial charge >= 0.3 is 0 Å². The molecule has 210 valence electrons. The molecule has 0 amide bonds. The second-order valence-electron chi connectivity index (χ2n) is 10.1. The Morgan fingerprint density at radius 3 is 2.45 bits per heavy atom. The van der Waals surface area contributed by atoms with Crippen LogP contribution in [0.15, 0.2) is 72.0 Å². The van der Waals surface area contributed by atoms with Gasteiger partial charge in [0.05, 0.1) is 11.1 Å². The molecule has 40 heavy (non-hydrogen) atoms. The van der Waals surface area contributed by atoms with Crippen LogP contribution in [0.5, 0.6) is 0 Å². The largest absolute Gasteiger partial charge is 0.340 e. The molecular formula is C28H33FN8O2S. The van der Waals surface area contributed by atoms with E-state index in [1.165, 1.54) is 10.4 Å². The Bertz CT molecular complexity index is 1570. The lowest BCUT2D eigenvalue weighted by atomic mass is 10.1. The van der Waals surface area contributed by atoms with Crippen molar-refractivity contribution in [2.75, 3.05) is 30.8 Å². The first-order valence-electron chi connectivity index (χ1n) is 13.1. The van der Waals surface area contributed by atoms with Crippen LogP contribution in [-0.4, -0.2) is 63.6 Å². The van der Waals surface area contributed by atoms with E-state index in [2.05, 4.69) is 30.6 Å².